The maximum Gasteiger partial charge on any atom is 0.322 e. The summed E-state index contributed by atoms with van der Waals surface area (Å²) in [4.78, 5) is 18.8. The van der Waals surface area contributed by atoms with E-state index in [0.29, 0.717) is 5.56 Å². The van der Waals surface area contributed by atoms with Crippen molar-refractivity contribution < 1.29 is 9.90 Å². The molecule has 0 saturated carbocycles. The van der Waals surface area contributed by atoms with E-state index in [-0.39, 0.29) is 11.8 Å². The number of nitriles is 1. The van der Waals surface area contributed by atoms with Crippen LogP contribution in [0, 0.1) is 11.3 Å². The summed E-state index contributed by atoms with van der Waals surface area (Å²) in [6.45, 7) is 1.89. The largest absolute Gasteiger partial charge is 0.508 e. The van der Waals surface area contributed by atoms with Gasteiger partial charge in [0.05, 0.1) is 23.4 Å². The first kappa shape index (κ1) is 18.7. The van der Waals surface area contributed by atoms with E-state index in [1.165, 1.54) is 11.3 Å². The number of hydrogen-bond acceptors (Lipinski definition) is 5. The summed E-state index contributed by atoms with van der Waals surface area (Å²) < 4.78 is 0. The molecule has 6 nitrogen and oxygen atoms in total. The fourth-order valence-corrected chi connectivity index (χ4v) is 4.30. The summed E-state index contributed by atoms with van der Waals surface area (Å²) in [5, 5.41) is 24.8. The molecule has 1 aliphatic rings. The van der Waals surface area contributed by atoms with E-state index < -0.39 is 6.04 Å². The van der Waals surface area contributed by atoms with E-state index in [9.17, 15) is 9.90 Å². The third kappa shape index (κ3) is 3.46. The number of carbonyl (C=O) groups is 1. The van der Waals surface area contributed by atoms with E-state index in [0.717, 1.165) is 33.1 Å². The van der Waals surface area contributed by atoms with Gasteiger partial charge in [0.1, 0.15) is 10.8 Å². The SMILES string of the molecule is CC1=C(c2nc(-c3cccc(C#N)c3)cs2)C(c2cccc(O)c2)NC(=O)N1C. The van der Waals surface area contributed by atoms with Gasteiger partial charge in [-0.1, -0.05) is 24.3 Å². The number of aromatic nitrogens is 1. The second kappa shape index (κ2) is 7.41. The number of carbonyl (C=O) groups excluding carboxylic acids is 1. The van der Waals surface area contributed by atoms with Gasteiger partial charge in [-0.05, 0) is 36.8 Å². The van der Waals surface area contributed by atoms with Crippen molar-refractivity contribution >= 4 is 22.9 Å². The molecule has 144 valence electrons. The quantitative estimate of drug-likeness (QED) is 0.674. The van der Waals surface area contributed by atoms with Gasteiger partial charge in [0, 0.05) is 29.3 Å². The highest BCUT2D eigenvalue weighted by molar-refractivity contribution is 7.11. The van der Waals surface area contributed by atoms with Crippen molar-refractivity contribution in [2.45, 2.75) is 13.0 Å². The van der Waals surface area contributed by atoms with Crippen LogP contribution < -0.4 is 5.32 Å². The van der Waals surface area contributed by atoms with E-state index in [4.69, 9.17) is 10.2 Å². The number of phenols is 1. The van der Waals surface area contributed by atoms with Gasteiger partial charge < -0.3 is 15.3 Å². The van der Waals surface area contributed by atoms with Crippen LogP contribution in [-0.2, 0) is 0 Å². The van der Waals surface area contributed by atoms with Crippen molar-refractivity contribution in [2.24, 2.45) is 0 Å². The Morgan fingerprint density at radius 1 is 1.24 bits per heavy atom. The molecule has 3 aromatic rings. The molecule has 1 aromatic heterocycles. The van der Waals surface area contributed by atoms with Gasteiger partial charge in [-0.2, -0.15) is 5.26 Å². The molecule has 2 heterocycles. The number of nitrogens with zero attached hydrogens (tertiary/aromatic N) is 3. The van der Waals surface area contributed by atoms with Crippen LogP contribution >= 0.6 is 11.3 Å². The molecule has 0 spiro atoms. The van der Waals surface area contributed by atoms with Crippen LogP contribution in [0.1, 0.15) is 29.1 Å². The Morgan fingerprint density at radius 2 is 2.03 bits per heavy atom. The maximum absolute atomic E-state index is 12.4. The van der Waals surface area contributed by atoms with Crippen molar-refractivity contribution in [1.29, 1.82) is 5.26 Å². The van der Waals surface area contributed by atoms with E-state index in [1.54, 1.807) is 36.2 Å². The number of benzene rings is 2. The fourth-order valence-electron chi connectivity index (χ4n) is 3.35. The minimum absolute atomic E-state index is 0.140. The Morgan fingerprint density at radius 3 is 2.79 bits per heavy atom. The zero-order valence-electron chi connectivity index (χ0n) is 15.9. The maximum atomic E-state index is 12.4. The third-order valence-electron chi connectivity index (χ3n) is 4.98. The lowest BCUT2D eigenvalue weighted by molar-refractivity contribution is 0.214. The molecule has 4 rings (SSSR count). The highest BCUT2D eigenvalue weighted by Crippen LogP contribution is 2.39. The van der Waals surface area contributed by atoms with Crippen molar-refractivity contribution in [3.8, 4) is 23.1 Å². The molecule has 2 N–H and O–H groups in total. The smallest absolute Gasteiger partial charge is 0.322 e. The standard InChI is InChI=1S/C22H18N4O2S/c1-13-19(20(25-22(28)26(13)2)16-7-4-8-17(27)10-16)21-24-18(12-29-21)15-6-3-5-14(9-15)11-23/h3-10,12,20,27H,1-2H3,(H,25,28). The topological polar surface area (TPSA) is 89.2 Å². The lowest BCUT2D eigenvalue weighted by atomic mass is 9.95. The zero-order valence-corrected chi connectivity index (χ0v) is 16.7. The van der Waals surface area contributed by atoms with Crippen molar-refractivity contribution in [3.63, 3.8) is 0 Å². The second-order valence-electron chi connectivity index (χ2n) is 6.77. The number of amides is 2. The first-order valence-corrected chi connectivity index (χ1v) is 9.86. The number of urea groups is 1. The molecule has 1 atom stereocenters. The van der Waals surface area contributed by atoms with Gasteiger partial charge in [0.25, 0.3) is 0 Å². The van der Waals surface area contributed by atoms with Crippen LogP contribution in [0.4, 0.5) is 4.79 Å². The summed E-state index contributed by atoms with van der Waals surface area (Å²) in [6.07, 6.45) is 0. The normalized spacial score (nSPS) is 16.5. The summed E-state index contributed by atoms with van der Waals surface area (Å²) in [5.74, 6) is 0.140. The molecule has 2 aromatic carbocycles. The minimum atomic E-state index is -0.421. The van der Waals surface area contributed by atoms with Gasteiger partial charge in [0.15, 0.2) is 0 Å². The van der Waals surface area contributed by atoms with Crippen molar-refractivity contribution in [1.82, 2.24) is 15.2 Å². The predicted octanol–water partition coefficient (Wildman–Crippen LogP) is 4.51. The number of aromatic hydroxyl groups is 1. The van der Waals surface area contributed by atoms with Gasteiger partial charge in [-0.3, -0.25) is 0 Å². The Hall–Kier alpha value is -3.63. The number of hydrogen-bond donors (Lipinski definition) is 2. The Balaban J connectivity index is 1.81. The molecule has 0 saturated heterocycles. The number of nitrogens with one attached hydrogen (secondary N) is 1. The highest BCUT2D eigenvalue weighted by Gasteiger charge is 2.32. The minimum Gasteiger partial charge on any atom is -0.508 e. The molecule has 29 heavy (non-hydrogen) atoms. The predicted molar refractivity (Wildman–Crippen MR) is 112 cm³/mol. The molecule has 0 radical (unpaired) electrons. The van der Waals surface area contributed by atoms with Crippen molar-refractivity contribution in [2.75, 3.05) is 7.05 Å². The van der Waals surface area contributed by atoms with Crippen molar-refractivity contribution in [3.05, 3.63) is 75.7 Å². The molecule has 0 aliphatic carbocycles. The monoisotopic (exact) mass is 402 g/mol. The van der Waals surface area contributed by atoms with E-state index in [2.05, 4.69) is 11.4 Å². The number of thiazole rings is 1. The van der Waals surface area contributed by atoms with Gasteiger partial charge >= 0.3 is 6.03 Å². The molecular formula is C22H18N4O2S. The van der Waals surface area contributed by atoms with Crippen LogP contribution in [0.25, 0.3) is 16.8 Å². The summed E-state index contributed by atoms with van der Waals surface area (Å²) >= 11 is 1.48. The van der Waals surface area contributed by atoms with Crippen LogP contribution in [0.3, 0.4) is 0 Å². The number of phenolic OH excluding ortho intramolecular Hbond substituents is 1. The molecule has 2 amide bonds. The molecule has 0 fully saturated rings. The lowest BCUT2D eigenvalue weighted by Gasteiger charge is -2.33. The fraction of sp³-hybridized carbons (Fsp3) is 0.136. The Bertz CT molecular complexity index is 1180. The molecule has 7 heteroatoms. The van der Waals surface area contributed by atoms with Gasteiger partial charge in [-0.25, -0.2) is 9.78 Å². The van der Waals surface area contributed by atoms with E-state index in [1.807, 2.05) is 36.6 Å². The van der Waals surface area contributed by atoms with Crippen LogP contribution in [-0.4, -0.2) is 28.1 Å². The number of allylic oxidation sites excluding steroid dienone is 1. The number of rotatable bonds is 3. The third-order valence-corrected chi connectivity index (χ3v) is 5.86. The van der Waals surface area contributed by atoms with Gasteiger partial charge in [-0.15, -0.1) is 11.3 Å². The molecular weight excluding hydrogens is 384 g/mol. The van der Waals surface area contributed by atoms with Crippen LogP contribution in [0.5, 0.6) is 5.75 Å². The Kier molecular flexibility index (Phi) is 4.79. The lowest BCUT2D eigenvalue weighted by Crippen LogP contribution is -2.44. The van der Waals surface area contributed by atoms with Crippen LogP contribution in [0.2, 0.25) is 0 Å². The average Bonchev–Trinajstić information content (AvgIpc) is 3.21. The molecule has 1 unspecified atom stereocenters. The summed E-state index contributed by atoms with van der Waals surface area (Å²) in [5.41, 5.74) is 4.68. The zero-order chi connectivity index (χ0) is 20.5. The van der Waals surface area contributed by atoms with Gasteiger partial charge in [0.2, 0.25) is 0 Å². The Labute approximate surface area is 172 Å². The average molecular weight is 402 g/mol. The van der Waals surface area contributed by atoms with Crippen LogP contribution in [0.15, 0.2) is 59.6 Å². The molecule has 0 bridgehead atoms. The second-order valence-corrected chi connectivity index (χ2v) is 7.62. The molecule has 1 aliphatic heterocycles. The van der Waals surface area contributed by atoms with E-state index >= 15 is 0 Å². The first-order chi connectivity index (χ1) is 14.0. The summed E-state index contributed by atoms with van der Waals surface area (Å²) in [7, 11) is 1.72. The summed E-state index contributed by atoms with van der Waals surface area (Å²) in [6, 6.07) is 15.7. The first-order valence-electron chi connectivity index (χ1n) is 8.98. The highest BCUT2D eigenvalue weighted by atomic mass is 32.1.